The fourth-order valence-electron chi connectivity index (χ4n) is 3.56. The van der Waals surface area contributed by atoms with E-state index in [2.05, 4.69) is 10.1 Å². The molecule has 1 saturated heterocycles. The summed E-state index contributed by atoms with van der Waals surface area (Å²) in [4.78, 5) is 33.6. The van der Waals surface area contributed by atoms with E-state index < -0.39 is 5.92 Å². The molecule has 0 unspecified atom stereocenters. The normalized spacial score (nSPS) is 19.7. The lowest BCUT2D eigenvalue weighted by molar-refractivity contribution is -0.138. The fourth-order valence-corrected chi connectivity index (χ4v) is 3.56. The smallest absolute Gasteiger partial charge is 0.229 e. The first-order valence-corrected chi connectivity index (χ1v) is 8.91. The summed E-state index contributed by atoms with van der Waals surface area (Å²) in [6.45, 7) is 1.29. The molecular weight excluding hydrogens is 348 g/mol. The molecule has 2 aromatic rings. The Morgan fingerprint density at radius 3 is 2.70 bits per heavy atom. The fraction of sp³-hybridized carbons (Fsp3) is 0.556. The molecule has 0 aliphatic carbocycles. The first-order valence-electron chi connectivity index (χ1n) is 8.91. The van der Waals surface area contributed by atoms with Crippen LogP contribution >= 0.6 is 0 Å². The van der Waals surface area contributed by atoms with Crippen LogP contribution < -0.4 is 0 Å². The van der Waals surface area contributed by atoms with Crippen molar-refractivity contribution in [3.63, 3.8) is 0 Å². The number of aryl methyl sites for hydroxylation is 2. The highest BCUT2D eigenvalue weighted by Crippen LogP contribution is 2.37. The number of hydrogen-bond donors (Lipinski definition) is 0. The second-order valence-corrected chi connectivity index (χ2v) is 6.86. The van der Waals surface area contributed by atoms with Gasteiger partial charge < -0.3 is 19.1 Å². The largest absolute Gasteiger partial charge is 0.383 e. The van der Waals surface area contributed by atoms with Gasteiger partial charge in [-0.1, -0.05) is 0 Å². The lowest BCUT2D eigenvalue weighted by Crippen LogP contribution is -2.40. The Hall–Kier alpha value is -2.68. The van der Waals surface area contributed by atoms with Crippen LogP contribution in [0.15, 0.2) is 24.7 Å². The molecule has 9 nitrogen and oxygen atoms in total. The van der Waals surface area contributed by atoms with Gasteiger partial charge in [0.2, 0.25) is 11.8 Å². The number of amides is 2. The van der Waals surface area contributed by atoms with Crippen LogP contribution in [0.3, 0.4) is 0 Å². The number of imidazole rings is 1. The quantitative estimate of drug-likeness (QED) is 0.698. The van der Waals surface area contributed by atoms with Crippen LogP contribution in [0.4, 0.5) is 0 Å². The molecule has 0 bridgehead atoms. The van der Waals surface area contributed by atoms with Crippen LogP contribution in [0.2, 0.25) is 0 Å². The molecule has 3 heterocycles. The van der Waals surface area contributed by atoms with Gasteiger partial charge in [-0.2, -0.15) is 5.10 Å². The first kappa shape index (κ1) is 19.1. The number of rotatable bonds is 7. The number of methoxy groups -OCH3 is 1. The maximum Gasteiger partial charge on any atom is 0.229 e. The van der Waals surface area contributed by atoms with Crippen molar-refractivity contribution in [1.29, 1.82) is 0 Å². The number of aromatic nitrogens is 4. The van der Waals surface area contributed by atoms with Gasteiger partial charge in [-0.05, 0) is 6.07 Å². The zero-order chi connectivity index (χ0) is 19.6. The van der Waals surface area contributed by atoms with E-state index in [4.69, 9.17) is 4.74 Å². The number of carbonyl (C=O) groups excluding carboxylic acids is 2. The molecule has 0 spiro atoms. The summed E-state index contributed by atoms with van der Waals surface area (Å²) in [5.41, 5.74) is 0.922. The van der Waals surface area contributed by atoms with E-state index in [1.165, 1.54) is 0 Å². The van der Waals surface area contributed by atoms with Crippen molar-refractivity contribution < 1.29 is 14.3 Å². The number of likely N-dealkylation sites (tertiary alicyclic amines) is 1. The molecule has 3 rings (SSSR count). The molecule has 0 N–H and O–H groups in total. The van der Waals surface area contributed by atoms with Crippen molar-refractivity contribution in [3.05, 3.63) is 36.2 Å². The average Bonchev–Trinajstić information content (AvgIpc) is 3.32. The van der Waals surface area contributed by atoms with Crippen LogP contribution in [0.25, 0.3) is 0 Å². The molecule has 2 amide bonds. The Kier molecular flexibility index (Phi) is 5.59. The average molecular weight is 374 g/mol. The summed E-state index contributed by atoms with van der Waals surface area (Å²) in [6.07, 6.45) is 5.40. The van der Waals surface area contributed by atoms with E-state index in [-0.39, 0.29) is 24.3 Å². The van der Waals surface area contributed by atoms with Crippen LogP contribution in [-0.2, 0) is 35.0 Å². The molecule has 9 heteroatoms. The monoisotopic (exact) mass is 374 g/mol. The maximum atomic E-state index is 13.4. The Labute approximate surface area is 158 Å². The Morgan fingerprint density at radius 2 is 2.11 bits per heavy atom. The highest BCUT2D eigenvalue weighted by atomic mass is 16.5. The molecule has 2 aromatic heterocycles. The zero-order valence-electron chi connectivity index (χ0n) is 16.2. The second-order valence-electron chi connectivity index (χ2n) is 6.86. The van der Waals surface area contributed by atoms with E-state index in [0.29, 0.717) is 25.5 Å². The molecule has 2 atom stereocenters. The SMILES string of the molecule is COCCN(Cc1ccnn1C)C(=O)[C@H]1CC(=O)N(C)[C@@H]1c1nccn1C. The Bertz CT molecular complexity index is 814. The minimum absolute atomic E-state index is 0.0476. The highest BCUT2D eigenvalue weighted by Gasteiger charge is 2.46. The maximum absolute atomic E-state index is 13.4. The minimum Gasteiger partial charge on any atom is -0.383 e. The van der Waals surface area contributed by atoms with Gasteiger partial charge in [-0.25, -0.2) is 4.98 Å². The van der Waals surface area contributed by atoms with Gasteiger partial charge in [0.25, 0.3) is 0 Å². The standard InChI is InChI=1S/C18H26N6O3/c1-21-8-7-19-17(21)16-14(11-15(25)22(16)2)18(26)24(9-10-27-4)12-13-5-6-20-23(13)3/h5-8,14,16H,9-12H2,1-4H3/t14-,16-/m0/s1. The Morgan fingerprint density at radius 1 is 1.33 bits per heavy atom. The summed E-state index contributed by atoms with van der Waals surface area (Å²) in [5, 5.41) is 4.17. The van der Waals surface area contributed by atoms with Crippen LogP contribution in [0.1, 0.15) is 24.0 Å². The molecule has 27 heavy (non-hydrogen) atoms. The van der Waals surface area contributed by atoms with Crippen molar-refractivity contribution in [3.8, 4) is 0 Å². The minimum atomic E-state index is -0.478. The predicted octanol–water partition coefficient (Wildman–Crippen LogP) is 0.348. The molecule has 1 aliphatic rings. The third-order valence-corrected chi connectivity index (χ3v) is 5.18. The number of nitrogens with zero attached hydrogens (tertiary/aromatic N) is 6. The lowest BCUT2D eigenvalue weighted by Gasteiger charge is -2.29. The van der Waals surface area contributed by atoms with Gasteiger partial charge in [-0.3, -0.25) is 14.3 Å². The third-order valence-electron chi connectivity index (χ3n) is 5.18. The van der Waals surface area contributed by atoms with Gasteiger partial charge in [0, 0.05) is 59.8 Å². The molecule has 0 saturated carbocycles. The zero-order valence-corrected chi connectivity index (χ0v) is 16.2. The number of ether oxygens (including phenoxy) is 1. The summed E-state index contributed by atoms with van der Waals surface area (Å²) >= 11 is 0. The van der Waals surface area contributed by atoms with Gasteiger partial charge in [0.05, 0.1) is 24.8 Å². The van der Waals surface area contributed by atoms with E-state index in [9.17, 15) is 9.59 Å². The van der Waals surface area contributed by atoms with Crippen molar-refractivity contribution >= 4 is 11.8 Å². The third kappa shape index (κ3) is 3.73. The summed E-state index contributed by atoms with van der Waals surface area (Å²) in [7, 11) is 7.06. The van der Waals surface area contributed by atoms with Crippen molar-refractivity contribution in [2.24, 2.45) is 20.0 Å². The van der Waals surface area contributed by atoms with Gasteiger partial charge in [0.1, 0.15) is 11.9 Å². The molecule has 1 aliphatic heterocycles. The highest BCUT2D eigenvalue weighted by molar-refractivity contribution is 5.90. The molecular formula is C18H26N6O3. The van der Waals surface area contributed by atoms with Gasteiger partial charge in [-0.15, -0.1) is 0 Å². The molecule has 146 valence electrons. The molecule has 0 radical (unpaired) electrons. The topological polar surface area (TPSA) is 85.5 Å². The molecule has 1 fully saturated rings. The van der Waals surface area contributed by atoms with Gasteiger partial charge in [0.15, 0.2) is 0 Å². The molecule has 0 aromatic carbocycles. The number of hydrogen-bond acceptors (Lipinski definition) is 5. The summed E-state index contributed by atoms with van der Waals surface area (Å²) in [6, 6.07) is 1.51. The van der Waals surface area contributed by atoms with Gasteiger partial charge >= 0.3 is 0 Å². The first-order chi connectivity index (χ1) is 12.9. The summed E-state index contributed by atoms with van der Waals surface area (Å²) < 4.78 is 8.79. The number of carbonyl (C=O) groups is 2. The van der Waals surface area contributed by atoms with Crippen molar-refractivity contribution in [2.75, 3.05) is 27.3 Å². The Balaban J connectivity index is 1.87. The van der Waals surface area contributed by atoms with Crippen LogP contribution in [0.5, 0.6) is 0 Å². The van der Waals surface area contributed by atoms with Crippen LogP contribution in [-0.4, -0.2) is 68.3 Å². The van der Waals surface area contributed by atoms with E-state index in [1.807, 2.05) is 30.9 Å². The lowest BCUT2D eigenvalue weighted by atomic mass is 9.97. The predicted molar refractivity (Wildman–Crippen MR) is 97.3 cm³/mol. The van der Waals surface area contributed by atoms with E-state index >= 15 is 0 Å². The summed E-state index contributed by atoms with van der Waals surface area (Å²) in [5.74, 6) is 0.120. The van der Waals surface area contributed by atoms with E-state index in [1.54, 1.807) is 41.0 Å². The van der Waals surface area contributed by atoms with Crippen molar-refractivity contribution in [2.45, 2.75) is 19.0 Å². The van der Waals surface area contributed by atoms with Crippen LogP contribution in [0, 0.1) is 5.92 Å². The van der Waals surface area contributed by atoms with E-state index in [0.717, 1.165) is 5.69 Å². The second kappa shape index (κ2) is 7.91. The van der Waals surface area contributed by atoms with Crippen molar-refractivity contribution in [1.82, 2.24) is 29.1 Å².